The van der Waals surface area contributed by atoms with Crippen molar-refractivity contribution in [2.24, 2.45) is 5.92 Å². The van der Waals surface area contributed by atoms with Crippen molar-refractivity contribution in [1.82, 2.24) is 34.4 Å². The molecule has 0 spiro atoms. The summed E-state index contributed by atoms with van der Waals surface area (Å²) < 4.78 is 3.07. The van der Waals surface area contributed by atoms with Crippen LogP contribution in [-0.4, -0.2) is 64.1 Å². The Kier molecular flexibility index (Phi) is 5.56. The van der Waals surface area contributed by atoms with Crippen LogP contribution in [0.25, 0.3) is 16.7 Å². The molecular formula is C24H26N8O3S. The number of piperidine rings is 1. The van der Waals surface area contributed by atoms with E-state index < -0.39 is 5.60 Å². The molecule has 0 atom stereocenters. The second-order valence-electron chi connectivity index (χ2n) is 9.60. The van der Waals surface area contributed by atoms with E-state index in [1.807, 2.05) is 36.1 Å². The number of benzene rings is 1. The van der Waals surface area contributed by atoms with Crippen molar-refractivity contribution in [2.75, 3.05) is 18.4 Å². The number of aryl methyl sites for hydroxylation is 1. The molecule has 3 aromatic heterocycles. The summed E-state index contributed by atoms with van der Waals surface area (Å²) in [4.78, 5) is 31.9. The molecule has 1 aliphatic heterocycles. The monoisotopic (exact) mass is 506 g/mol. The number of anilines is 2. The standard InChI is InChI=1S/C24H26N8O3S/c1-15-28-29-23(36-15)27-17-3-2-4-18(11-17)32-20-19(12-26-32)22(34)31(14-25-20)13-24(35)7-9-30(10-8-24)21(33)16-5-6-16/h2-4,11-12,14,16,35H,5-10,13H2,1H3,(H,27,29). The van der Waals surface area contributed by atoms with Crippen LogP contribution in [0.2, 0.25) is 0 Å². The molecule has 1 saturated heterocycles. The minimum Gasteiger partial charge on any atom is -0.388 e. The molecule has 36 heavy (non-hydrogen) atoms. The van der Waals surface area contributed by atoms with Gasteiger partial charge in [-0.05, 0) is 50.8 Å². The number of likely N-dealkylation sites (tertiary alicyclic amines) is 1. The number of aliphatic hydroxyl groups is 1. The van der Waals surface area contributed by atoms with Crippen LogP contribution in [0.15, 0.2) is 41.6 Å². The lowest BCUT2D eigenvalue weighted by Crippen LogP contribution is -2.50. The summed E-state index contributed by atoms with van der Waals surface area (Å²) in [6, 6.07) is 7.58. The van der Waals surface area contributed by atoms with Crippen molar-refractivity contribution < 1.29 is 9.90 Å². The molecular weight excluding hydrogens is 480 g/mol. The molecule has 1 aliphatic carbocycles. The minimum atomic E-state index is -1.06. The summed E-state index contributed by atoms with van der Waals surface area (Å²) in [6.45, 7) is 3.04. The zero-order valence-corrected chi connectivity index (χ0v) is 20.6. The summed E-state index contributed by atoms with van der Waals surface area (Å²) in [6.07, 6.45) is 5.79. The summed E-state index contributed by atoms with van der Waals surface area (Å²) in [5, 5.41) is 28.8. The first kappa shape index (κ1) is 22.8. The van der Waals surface area contributed by atoms with Crippen molar-refractivity contribution in [3.63, 3.8) is 0 Å². The Balaban J connectivity index is 1.21. The molecule has 0 radical (unpaired) electrons. The van der Waals surface area contributed by atoms with E-state index in [0.29, 0.717) is 42.1 Å². The Morgan fingerprint density at radius 3 is 2.78 bits per heavy atom. The molecule has 0 unspecified atom stereocenters. The molecule has 1 amide bonds. The predicted octanol–water partition coefficient (Wildman–Crippen LogP) is 2.25. The first-order valence-corrected chi connectivity index (χ1v) is 12.8. The van der Waals surface area contributed by atoms with Gasteiger partial charge in [0.15, 0.2) is 5.65 Å². The zero-order valence-electron chi connectivity index (χ0n) is 19.8. The van der Waals surface area contributed by atoms with E-state index in [4.69, 9.17) is 0 Å². The second kappa shape index (κ2) is 8.79. The highest BCUT2D eigenvalue weighted by Gasteiger charge is 2.39. The zero-order chi connectivity index (χ0) is 24.9. The van der Waals surface area contributed by atoms with Crippen LogP contribution in [0, 0.1) is 12.8 Å². The molecule has 6 rings (SSSR count). The maximum Gasteiger partial charge on any atom is 0.264 e. The van der Waals surface area contributed by atoms with E-state index in [1.165, 1.54) is 28.4 Å². The summed E-state index contributed by atoms with van der Waals surface area (Å²) in [5.41, 5.74) is 0.687. The lowest BCUT2D eigenvalue weighted by atomic mass is 9.91. The number of carbonyl (C=O) groups excluding carboxylic acids is 1. The lowest BCUT2D eigenvalue weighted by molar-refractivity contribution is -0.137. The van der Waals surface area contributed by atoms with Gasteiger partial charge in [-0.25, -0.2) is 9.67 Å². The molecule has 2 fully saturated rings. The summed E-state index contributed by atoms with van der Waals surface area (Å²) >= 11 is 1.46. The number of nitrogens with zero attached hydrogens (tertiary/aromatic N) is 7. The van der Waals surface area contributed by atoms with Gasteiger partial charge in [-0.1, -0.05) is 17.4 Å². The maximum atomic E-state index is 13.2. The minimum absolute atomic E-state index is 0.131. The highest BCUT2D eigenvalue weighted by Crippen LogP contribution is 2.33. The van der Waals surface area contributed by atoms with E-state index in [-0.39, 0.29) is 23.9 Å². The van der Waals surface area contributed by atoms with Gasteiger partial charge >= 0.3 is 0 Å². The fourth-order valence-electron chi connectivity index (χ4n) is 4.64. The third kappa shape index (κ3) is 4.37. The molecule has 1 saturated carbocycles. The molecule has 12 heteroatoms. The molecule has 4 aromatic rings. The topological polar surface area (TPSA) is 131 Å². The van der Waals surface area contributed by atoms with Crippen LogP contribution in [-0.2, 0) is 11.3 Å². The fraction of sp³-hybridized carbons (Fsp3) is 0.417. The number of carbonyl (C=O) groups is 1. The van der Waals surface area contributed by atoms with Gasteiger partial charge in [-0.15, -0.1) is 10.2 Å². The molecule has 186 valence electrons. The highest BCUT2D eigenvalue weighted by atomic mass is 32.1. The van der Waals surface area contributed by atoms with Gasteiger partial charge < -0.3 is 15.3 Å². The van der Waals surface area contributed by atoms with Crippen molar-refractivity contribution in [3.05, 3.63) is 52.2 Å². The van der Waals surface area contributed by atoms with E-state index in [1.54, 1.807) is 4.68 Å². The normalized spacial score (nSPS) is 17.4. The van der Waals surface area contributed by atoms with Gasteiger partial charge in [0, 0.05) is 24.7 Å². The van der Waals surface area contributed by atoms with Crippen LogP contribution in [0.5, 0.6) is 0 Å². The smallest absolute Gasteiger partial charge is 0.264 e. The predicted molar refractivity (Wildman–Crippen MR) is 135 cm³/mol. The van der Waals surface area contributed by atoms with Crippen molar-refractivity contribution >= 4 is 39.1 Å². The molecule has 2 N–H and O–H groups in total. The number of aromatic nitrogens is 6. The molecule has 11 nitrogen and oxygen atoms in total. The molecule has 4 heterocycles. The quantitative estimate of drug-likeness (QED) is 0.407. The van der Waals surface area contributed by atoms with Gasteiger partial charge in [0.05, 0.1) is 24.0 Å². The van der Waals surface area contributed by atoms with Gasteiger partial charge in [0.1, 0.15) is 16.7 Å². The third-order valence-corrected chi connectivity index (χ3v) is 7.57. The first-order valence-electron chi connectivity index (χ1n) is 12.0. The first-order chi connectivity index (χ1) is 17.4. The van der Waals surface area contributed by atoms with Gasteiger partial charge in [0.2, 0.25) is 11.0 Å². The van der Waals surface area contributed by atoms with Crippen LogP contribution < -0.4 is 10.9 Å². The van der Waals surface area contributed by atoms with Crippen LogP contribution in [0.3, 0.4) is 0 Å². The Morgan fingerprint density at radius 2 is 2.06 bits per heavy atom. The van der Waals surface area contributed by atoms with E-state index in [0.717, 1.165) is 29.2 Å². The van der Waals surface area contributed by atoms with Gasteiger partial charge in [-0.3, -0.25) is 14.2 Å². The summed E-state index contributed by atoms with van der Waals surface area (Å²) in [7, 11) is 0. The van der Waals surface area contributed by atoms with Gasteiger partial charge in [-0.2, -0.15) is 5.10 Å². The number of rotatable bonds is 6. The average Bonchev–Trinajstić information content (AvgIpc) is 3.50. The van der Waals surface area contributed by atoms with Crippen molar-refractivity contribution in [1.29, 1.82) is 0 Å². The Bertz CT molecular complexity index is 1500. The van der Waals surface area contributed by atoms with Crippen molar-refractivity contribution in [2.45, 2.75) is 44.8 Å². The van der Waals surface area contributed by atoms with E-state index in [9.17, 15) is 14.7 Å². The largest absolute Gasteiger partial charge is 0.388 e. The van der Waals surface area contributed by atoms with Crippen LogP contribution in [0.4, 0.5) is 10.8 Å². The number of hydrogen-bond acceptors (Lipinski definition) is 9. The molecule has 2 aliphatic rings. The summed E-state index contributed by atoms with van der Waals surface area (Å²) in [5.74, 6) is 0.370. The maximum absolute atomic E-state index is 13.2. The van der Waals surface area contributed by atoms with Gasteiger partial charge in [0.25, 0.3) is 5.56 Å². The number of hydrogen-bond donors (Lipinski definition) is 2. The SMILES string of the molecule is Cc1nnc(Nc2cccc(-n3ncc4c(=O)n(CC5(O)CCN(C(=O)C6CC6)CC5)cnc43)c2)s1. The third-order valence-electron chi connectivity index (χ3n) is 6.82. The lowest BCUT2D eigenvalue weighted by Gasteiger charge is -2.38. The molecule has 1 aromatic carbocycles. The van der Waals surface area contributed by atoms with Crippen LogP contribution in [0.1, 0.15) is 30.7 Å². The second-order valence-corrected chi connectivity index (χ2v) is 10.8. The van der Waals surface area contributed by atoms with E-state index >= 15 is 0 Å². The number of nitrogens with one attached hydrogen (secondary N) is 1. The Morgan fingerprint density at radius 1 is 1.25 bits per heavy atom. The highest BCUT2D eigenvalue weighted by molar-refractivity contribution is 7.15. The fourth-order valence-corrected chi connectivity index (χ4v) is 5.26. The Hall–Kier alpha value is -3.64. The van der Waals surface area contributed by atoms with E-state index in [2.05, 4.69) is 25.6 Å². The van der Waals surface area contributed by atoms with Crippen molar-refractivity contribution in [3.8, 4) is 5.69 Å². The van der Waals surface area contributed by atoms with Crippen LogP contribution >= 0.6 is 11.3 Å². The average molecular weight is 507 g/mol. The number of fused-ring (bicyclic) bond motifs is 1. The molecule has 0 bridgehead atoms. The Labute approximate surface area is 210 Å². The number of amides is 1.